The van der Waals surface area contributed by atoms with Crippen molar-refractivity contribution >= 4 is 33.7 Å². The number of piperidine rings is 1. The number of hydrogen-bond donors (Lipinski definition) is 0. The summed E-state index contributed by atoms with van der Waals surface area (Å²) in [6.45, 7) is 1.86. The average Bonchev–Trinajstić information content (AvgIpc) is 3.49. The van der Waals surface area contributed by atoms with Crippen molar-refractivity contribution in [3.8, 4) is 10.7 Å². The molecule has 30 heavy (non-hydrogen) atoms. The molecule has 4 aromatic heterocycles. The Labute approximate surface area is 177 Å². The summed E-state index contributed by atoms with van der Waals surface area (Å²) in [5.74, 6) is 3.17. The summed E-state index contributed by atoms with van der Waals surface area (Å²) in [6.07, 6.45) is 4.25. The first-order valence-corrected chi connectivity index (χ1v) is 11.1. The predicted molar refractivity (Wildman–Crippen MR) is 120 cm³/mol. The van der Waals surface area contributed by atoms with Crippen LogP contribution >= 0.6 is 11.3 Å². The molecule has 6 nitrogen and oxygen atoms in total. The van der Waals surface area contributed by atoms with E-state index in [2.05, 4.69) is 55.3 Å². The molecule has 1 saturated heterocycles. The third kappa shape index (κ3) is 2.93. The topological polar surface area (TPSA) is 59.2 Å². The van der Waals surface area contributed by atoms with Gasteiger partial charge in [0.15, 0.2) is 11.5 Å². The van der Waals surface area contributed by atoms with E-state index in [1.165, 1.54) is 0 Å². The highest BCUT2D eigenvalue weighted by molar-refractivity contribution is 7.13. The highest BCUT2D eigenvalue weighted by Gasteiger charge is 2.27. The highest BCUT2D eigenvalue weighted by Crippen LogP contribution is 2.34. The summed E-state index contributed by atoms with van der Waals surface area (Å²) in [5, 5.41) is 12.1. The van der Waals surface area contributed by atoms with Crippen LogP contribution in [0.4, 0.5) is 5.82 Å². The largest absolute Gasteiger partial charge is 0.355 e. The van der Waals surface area contributed by atoms with E-state index in [9.17, 15) is 0 Å². The minimum absolute atomic E-state index is 0.315. The lowest BCUT2D eigenvalue weighted by Gasteiger charge is -2.33. The minimum atomic E-state index is 0.315. The monoisotopic (exact) mass is 412 g/mol. The summed E-state index contributed by atoms with van der Waals surface area (Å²) in [5.41, 5.74) is 1.89. The van der Waals surface area contributed by atoms with E-state index in [0.717, 1.165) is 64.8 Å². The summed E-state index contributed by atoms with van der Waals surface area (Å²) >= 11 is 1.67. The molecule has 0 spiro atoms. The van der Waals surface area contributed by atoms with Crippen molar-refractivity contribution in [2.45, 2.75) is 18.8 Å². The molecule has 6 rings (SSSR count). The van der Waals surface area contributed by atoms with Gasteiger partial charge in [0.1, 0.15) is 11.6 Å². The van der Waals surface area contributed by atoms with Crippen LogP contribution in [-0.2, 0) is 0 Å². The van der Waals surface area contributed by atoms with E-state index < -0.39 is 0 Å². The molecule has 0 N–H and O–H groups in total. The van der Waals surface area contributed by atoms with Crippen LogP contribution in [0.3, 0.4) is 0 Å². The van der Waals surface area contributed by atoms with Gasteiger partial charge in [-0.25, -0.2) is 9.97 Å². The quantitative estimate of drug-likeness (QED) is 0.427. The number of thiophene rings is 1. The SMILES string of the molecule is c1csc(-c2nc(N3CCCC(c4nnc5ccccn45)C3)c3ccccc3n2)c1. The first-order chi connectivity index (χ1) is 14.9. The Kier molecular flexibility index (Phi) is 4.19. The van der Waals surface area contributed by atoms with Crippen LogP contribution in [0.5, 0.6) is 0 Å². The lowest BCUT2D eigenvalue weighted by atomic mass is 9.97. The Morgan fingerprint density at radius 2 is 1.87 bits per heavy atom. The lowest BCUT2D eigenvalue weighted by Crippen LogP contribution is -2.36. The van der Waals surface area contributed by atoms with Crippen LogP contribution < -0.4 is 4.90 Å². The molecule has 0 saturated carbocycles. The maximum atomic E-state index is 5.03. The molecule has 1 fully saturated rings. The molecule has 5 heterocycles. The van der Waals surface area contributed by atoms with Crippen molar-refractivity contribution in [3.63, 3.8) is 0 Å². The average molecular weight is 413 g/mol. The van der Waals surface area contributed by atoms with Gasteiger partial charge in [-0.3, -0.25) is 4.40 Å². The highest BCUT2D eigenvalue weighted by atomic mass is 32.1. The Bertz CT molecular complexity index is 1330. The first-order valence-electron chi connectivity index (χ1n) is 10.2. The van der Waals surface area contributed by atoms with E-state index in [1.807, 2.05) is 30.3 Å². The smallest absolute Gasteiger partial charge is 0.172 e. The summed E-state index contributed by atoms with van der Waals surface area (Å²) in [4.78, 5) is 13.4. The van der Waals surface area contributed by atoms with Crippen molar-refractivity contribution in [2.75, 3.05) is 18.0 Å². The molecule has 0 radical (unpaired) electrons. The molecule has 148 valence electrons. The van der Waals surface area contributed by atoms with Crippen LogP contribution in [0.2, 0.25) is 0 Å². The van der Waals surface area contributed by atoms with E-state index in [4.69, 9.17) is 9.97 Å². The first kappa shape index (κ1) is 17.5. The third-order valence-corrected chi connectivity index (χ3v) is 6.62. The lowest BCUT2D eigenvalue weighted by molar-refractivity contribution is 0.486. The summed E-state index contributed by atoms with van der Waals surface area (Å²) in [6, 6.07) is 18.5. The van der Waals surface area contributed by atoms with Crippen LogP contribution in [0, 0.1) is 0 Å². The van der Waals surface area contributed by atoms with Crippen molar-refractivity contribution in [3.05, 3.63) is 72.0 Å². The number of anilines is 1. The number of aromatic nitrogens is 5. The van der Waals surface area contributed by atoms with E-state index in [-0.39, 0.29) is 0 Å². The van der Waals surface area contributed by atoms with Crippen LogP contribution in [-0.4, -0.2) is 37.7 Å². The van der Waals surface area contributed by atoms with Crippen LogP contribution in [0.15, 0.2) is 66.2 Å². The van der Waals surface area contributed by atoms with Gasteiger partial charge in [-0.2, -0.15) is 0 Å². The van der Waals surface area contributed by atoms with E-state index in [1.54, 1.807) is 11.3 Å². The zero-order valence-electron chi connectivity index (χ0n) is 16.3. The molecule has 0 aliphatic carbocycles. The van der Waals surface area contributed by atoms with Gasteiger partial charge in [-0.1, -0.05) is 24.3 Å². The number of benzene rings is 1. The molecule has 7 heteroatoms. The molecule has 1 atom stereocenters. The molecule has 1 aliphatic rings. The summed E-state index contributed by atoms with van der Waals surface area (Å²) < 4.78 is 2.11. The molecule has 1 unspecified atom stereocenters. The van der Waals surface area contributed by atoms with Crippen LogP contribution in [0.1, 0.15) is 24.6 Å². The fraction of sp³-hybridized carbons (Fsp3) is 0.217. The number of nitrogens with zero attached hydrogens (tertiary/aromatic N) is 6. The summed E-state index contributed by atoms with van der Waals surface area (Å²) in [7, 11) is 0. The second-order valence-corrected chi connectivity index (χ2v) is 8.59. The maximum Gasteiger partial charge on any atom is 0.172 e. The van der Waals surface area contributed by atoms with Gasteiger partial charge in [-0.15, -0.1) is 21.5 Å². The third-order valence-electron chi connectivity index (χ3n) is 5.75. The number of rotatable bonds is 3. The van der Waals surface area contributed by atoms with Gasteiger partial charge in [0.25, 0.3) is 0 Å². The van der Waals surface area contributed by atoms with Crippen LogP contribution in [0.25, 0.3) is 27.3 Å². The van der Waals surface area contributed by atoms with Gasteiger partial charge in [0, 0.05) is 30.6 Å². The van der Waals surface area contributed by atoms with Gasteiger partial charge in [-0.05, 0) is 48.6 Å². The molecule has 1 aromatic carbocycles. The number of fused-ring (bicyclic) bond motifs is 2. The van der Waals surface area contributed by atoms with Crippen molar-refractivity contribution in [2.24, 2.45) is 0 Å². The number of para-hydroxylation sites is 1. The second kappa shape index (κ2) is 7.18. The zero-order chi connectivity index (χ0) is 19.9. The standard InChI is InChI=1S/C23H20N6S/c1-2-9-18-17(8-1)23(25-21(24-18)19-10-6-14-30-19)28-12-5-7-16(15-28)22-27-26-20-11-3-4-13-29(20)22/h1-4,6,8-11,13-14,16H,5,7,12,15H2. The Morgan fingerprint density at radius 1 is 0.933 bits per heavy atom. The van der Waals surface area contributed by atoms with Gasteiger partial charge >= 0.3 is 0 Å². The zero-order valence-corrected chi connectivity index (χ0v) is 17.2. The van der Waals surface area contributed by atoms with Gasteiger partial charge in [0.2, 0.25) is 0 Å². The second-order valence-electron chi connectivity index (χ2n) is 7.64. The Balaban J connectivity index is 1.42. The van der Waals surface area contributed by atoms with E-state index >= 15 is 0 Å². The fourth-order valence-electron chi connectivity index (χ4n) is 4.34. The Hall–Kier alpha value is -3.32. The number of hydrogen-bond acceptors (Lipinski definition) is 6. The van der Waals surface area contributed by atoms with Crippen molar-refractivity contribution < 1.29 is 0 Å². The fourth-order valence-corrected chi connectivity index (χ4v) is 4.99. The molecule has 0 amide bonds. The van der Waals surface area contributed by atoms with Gasteiger partial charge in [0.05, 0.1) is 10.4 Å². The molecular formula is C23H20N6S. The molecule has 0 bridgehead atoms. The Morgan fingerprint density at radius 3 is 2.80 bits per heavy atom. The maximum absolute atomic E-state index is 5.03. The minimum Gasteiger partial charge on any atom is -0.355 e. The predicted octanol–water partition coefficient (Wildman–Crippen LogP) is 4.79. The van der Waals surface area contributed by atoms with E-state index in [0.29, 0.717) is 5.92 Å². The number of pyridine rings is 1. The van der Waals surface area contributed by atoms with Crippen molar-refractivity contribution in [1.82, 2.24) is 24.6 Å². The molecule has 5 aromatic rings. The van der Waals surface area contributed by atoms with Gasteiger partial charge < -0.3 is 4.90 Å². The molecule has 1 aliphatic heterocycles. The molecular weight excluding hydrogens is 392 g/mol. The normalized spacial score (nSPS) is 17.1. The van der Waals surface area contributed by atoms with Crippen molar-refractivity contribution in [1.29, 1.82) is 0 Å².